The van der Waals surface area contributed by atoms with Gasteiger partial charge >= 0.3 is 0 Å². The van der Waals surface area contributed by atoms with E-state index in [4.69, 9.17) is 15.0 Å². The fourth-order valence-corrected chi connectivity index (χ4v) is 12.0. The van der Waals surface area contributed by atoms with Crippen LogP contribution in [0, 0.1) is 0 Å². The monoisotopic (exact) mass is 905 g/mol. The van der Waals surface area contributed by atoms with Crippen molar-refractivity contribution in [2.75, 3.05) is 0 Å². The van der Waals surface area contributed by atoms with Crippen LogP contribution in [0.5, 0.6) is 0 Å². The highest BCUT2D eigenvalue weighted by molar-refractivity contribution is 6.26. The highest BCUT2D eigenvalue weighted by Crippen LogP contribution is 2.50. The van der Waals surface area contributed by atoms with Crippen LogP contribution >= 0.6 is 0 Å². The molecule has 11 aromatic carbocycles. The molecule has 0 radical (unpaired) electrons. The lowest BCUT2D eigenvalue weighted by atomic mass is 9.82. The van der Waals surface area contributed by atoms with Crippen molar-refractivity contribution in [3.63, 3.8) is 0 Å². The van der Waals surface area contributed by atoms with Crippen molar-refractivity contribution in [1.82, 2.24) is 24.1 Å². The molecule has 0 bridgehead atoms. The fraction of sp³-hybridized carbons (Fsp3) is 0.0455. The maximum absolute atomic E-state index is 5.49. The zero-order chi connectivity index (χ0) is 47.0. The van der Waals surface area contributed by atoms with Crippen molar-refractivity contribution in [1.29, 1.82) is 0 Å². The molecule has 332 valence electrons. The van der Waals surface area contributed by atoms with Gasteiger partial charge in [0, 0.05) is 43.8 Å². The molecule has 0 N–H and O–H groups in total. The largest absolute Gasteiger partial charge is 0.307 e. The number of fused-ring (bicyclic) bond motifs is 16. The number of nitrogens with zero attached hydrogens (tertiary/aromatic N) is 5. The van der Waals surface area contributed by atoms with Gasteiger partial charge in [-0.3, -0.25) is 4.57 Å². The van der Waals surface area contributed by atoms with Gasteiger partial charge in [-0.2, -0.15) is 9.97 Å². The average molecular weight is 906 g/mol. The molecule has 0 aliphatic heterocycles. The Bertz CT molecular complexity index is 4500. The van der Waals surface area contributed by atoms with Crippen LogP contribution in [0.4, 0.5) is 0 Å². The molecule has 0 atom stereocenters. The molecule has 0 saturated carbocycles. The van der Waals surface area contributed by atoms with E-state index in [1.807, 2.05) is 18.2 Å². The van der Waals surface area contributed by atoms with Crippen LogP contribution < -0.4 is 0 Å². The van der Waals surface area contributed by atoms with Crippen LogP contribution in [0.1, 0.15) is 25.0 Å². The summed E-state index contributed by atoms with van der Waals surface area (Å²) in [6.07, 6.45) is 0. The molecule has 15 rings (SSSR count). The molecule has 1 aliphatic rings. The molecular weight excluding hydrogens is 863 g/mol. The van der Waals surface area contributed by atoms with Gasteiger partial charge in [0.1, 0.15) is 0 Å². The number of aromatic nitrogens is 5. The summed E-state index contributed by atoms with van der Waals surface area (Å²) < 4.78 is 4.72. The molecular formula is C66H43N5. The first-order valence-electron chi connectivity index (χ1n) is 24.4. The summed E-state index contributed by atoms with van der Waals surface area (Å²) in [5, 5.41) is 12.3. The van der Waals surface area contributed by atoms with E-state index in [0.717, 1.165) is 60.6 Å². The van der Waals surface area contributed by atoms with E-state index in [9.17, 15) is 0 Å². The first-order chi connectivity index (χ1) is 35.0. The molecule has 71 heavy (non-hydrogen) atoms. The SMILES string of the molecule is CC1(C)c2ccccc2-c2cc(-c3nc(-c4ccccc4)nc(-n4c5ccccc5c5ccc6c7ccccc7n(-c7ccc(-c8ccc9c%10ccccc%10c%10ccccc%10c9c8)cc7)c6c54)n3)ccc21. The van der Waals surface area contributed by atoms with E-state index in [-0.39, 0.29) is 5.41 Å². The molecule has 5 nitrogen and oxygen atoms in total. The molecule has 3 aromatic heterocycles. The summed E-state index contributed by atoms with van der Waals surface area (Å²) in [5.41, 5.74) is 14.6. The van der Waals surface area contributed by atoms with Crippen LogP contribution in [-0.4, -0.2) is 24.1 Å². The Morgan fingerprint density at radius 1 is 0.310 bits per heavy atom. The summed E-state index contributed by atoms with van der Waals surface area (Å²) in [5.74, 6) is 1.82. The number of rotatable bonds is 5. The third-order valence-electron chi connectivity index (χ3n) is 15.4. The van der Waals surface area contributed by atoms with Gasteiger partial charge < -0.3 is 4.57 Å². The van der Waals surface area contributed by atoms with E-state index in [1.165, 1.54) is 65.5 Å². The van der Waals surface area contributed by atoms with E-state index in [2.05, 4.69) is 229 Å². The van der Waals surface area contributed by atoms with Gasteiger partial charge in [0.05, 0.1) is 22.1 Å². The Morgan fingerprint density at radius 2 is 0.789 bits per heavy atom. The molecule has 1 aliphatic carbocycles. The standard InChI is InChI=1S/C66H43N5/c1-66(2)57-25-13-10-22-50(57)56-39-43(31-37-58(56)66)64-67-63(41-16-4-3-5-17-41)68-65(69-64)71-60-27-15-12-24-52(60)54-36-35-53-51-23-11-14-26-59(51)70(61(53)62(54)71)44-32-28-40(29-33-44)42-30-34-49-47-20-7-6-18-45(47)46-19-8-9-21-48(46)55(49)38-42/h3-39H,1-2H3. The highest BCUT2D eigenvalue weighted by Gasteiger charge is 2.35. The smallest absolute Gasteiger partial charge is 0.238 e. The van der Waals surface area contributed by atoms with Crippen molar-refractivity contribution in [3.8, 4) is 56.7 Å². The van der Waals surface area contributed by atoms with Crippen LogP contribution in [0.3, 0.4) is 0 Å². The molecule has 0 fully saturated rings. The lowest BCUT2D eigenvalue weighted by Gasteiger charge is -2.21. The summed E-state index contributed by atoms with van der Waals surface area (Å²) in [6.45, 7) is 4.63. The van der Waals surface area contributed by atoms with Gasteiger partial charge in [-0.15, -0.1) is 0 Å². The second kappa shape index (κ2) is 14.9. The van der Waals surface area contributed by atoms with Gasteiger partial charge in [0.15, 0.2) is 11.6 Å². The Labute approximate surface area is 409 Å². The van der Waals surface area contributed by atoms with Crippen LogP contribution in [0.15, 0.2) is 224 Å². The minimum absolute atomic E-state index is 0.113. The van der Waals surface area contributed by atoms with Crippen LogP contribution in [0.2, 0.25) is 0 Å². The Morgan fingerprint density at radius 3 is 1.46 bits per heavy atom. The maximum Gasteiger partial charge on any atom is 0.238 e. The summed E-state index contributed by atoms with van der Waals surface area (Å²) in [6, 6.07) is 81.4. The predicted octanol–water partition coefficient (Wildman–Crippen LogP) is 16.8. The zero-order valence-corrected chi connectivity index (χ0v) is 39.1. The van der Waals surface area contributed by atoms with Gasteiger partial charge in [0.25, 0.3) is 0 Å². The van der Waals surface area contributed by atoms with Gasteiger partial charge in [0.2, 0.25) is 5.95 Å². The number of benzene rings is 11. The van der Waals surface area contributed by atoms with Gasteiger partial charge in [-0.25, -0.2) is 4.98 Å². The Hall–Kier alpha value is -9.19. The van der Waals surface area contributed by atoms with Gasteiger partial charge in [-0.1, -0.05) is 202 Å². The van der Waals surface area contributed by atoms with Crippen molar-refractivity contribution in [3.05, 3.63) is 236 Å². The fourth-order valence-electron chi connectivity index (χ4n) is 12.0. The summed E-state index contributed by atoms with van der Waals surface area (Å²) in [7, 11) is 0. The Kier molecular flexibility index (Phi) is 8.35. The third kappa shape index (κ3) is 5.78. The average Bonchev–Trinajstić information content (AvgIpc) is 4.04. The van der Waals surface area contributed by atoms with Crippen molar-refractivity contribution < 1.29 is 0 Å². The summed E-state index contributed by atoms with van der Waals surface area (Å²) >= 11 is 0. The Balaban J connectivity index is 0.956. The lowest BCUT2D eigenvalue weighted by molar-refractivity contribution is 0.660. The predicted molar refractivity (Wildman–Crippen MR) is 295 cm³/mol. The normalized spacial score (nSPS) is 13.0. The van der Waals surface area contributed by atoms with Crippen molar-refractivity contribution in [2.24, 2.45) is 0 Å². The minimum atomic E-state index is -0.113. The zero-order valence-electron chi connectivity index (χ0n) is 39.1. The van der Waals surface area contributed by atoms with E-state index in [1.54, 1.807) is 0 Å². The topological polar surface area (TPSA) is 48.5 Å². The molecule has 0 unspecified atom stereocenters. The molecule has 0 amide bonds. The molecule has 0 spiro atoms. The maximum atomic E-state index is 5.49. The minimum Gasteiger partial charge on any atom is -0.307 e. The van der Waals surface area contributed by atoms with Gasteiger partial charge in [-0.05, 0) is 102 Å². The number of para-hydroxylation sites is 2. The number of hydrogen-bond donors (Lipinski definition) is 0. The summed E-state index contributed by atoms with van der Waals surface area (Å²) in [4.78, 5) is 16.1. The van der Waals surface area contributed by atoms with Crippen molar-refractivity contribution in [2.45, 2.75) is 19.3 Å². The van der Waals surface area contributed by atoms with E-state index in [0.29, 0.717) is 17.6 Å². The van der Waals surface area contributed by atoms with Crippen LogP contribution in [-0.2, 0) is 5.41 Å². The highest BCUT2D eigenvalue weighted by atomic mass is 15.2. The number of hydrogen-bond acceptors (Lipinski definition) is 3. The molecule has 5 heteroatoms. The molecule has 3 heterocycles. The van der Waals surface area contributed by atoms with Crippen LogP contribution in [0.25, 0.3) is 133 Å². The van der Waals surface area contributed by atoms with Crippen molar-refractivity contribution >= 4 is 75.9 Å². The first kappa shape index (κ1) is 39.8. The second-order valence-corrected chi connectivity index (χ2v) is 19.5. The van der Waals surface area contributed by atoms with E-state index < -0.39 is 0 Å². The quantitative estimate of drug-likeness (QED) is 0.162. The third-order valence-corrected chi connectivity index (χ3v) is 15.4. The molecule has 14 aromatic rings. The second-order valence-electron chi connectivity index (χ2n) is 19.5. The van der Waals surface area contributed by atoms with E-state index >= 15 is 0 Å². The lowest BCUT2D eigenvalue weighted by Crippen LogP contribution is -2.14. The first-order valence-corrected chi connectivity index (χ1v) is 24.4. The molecule has 0 saturated heterocycles.